The topological polar surface area (TPSA) is 92.7 Å². The van der Waals surface area contributed by atoms with Crippen LogP contribution in [-0.2, 0) is 9.84 Å². The number of anilines is 1. The molecule has 0 amide bonds. The van der Waals surface area contributed by atoms with Crippen LogP contribution in [0.3, 0.4) is 0 Å². The fourth-order valence-corrected chi connectivity index (χ4v) is 2.71. The standard InChI is InChI=1S/C12H17NO5S/c1-8(7-19(3,16)17)13-11-6-9(18-2)4-5-10(11)12(14)15/h4-6,8,13H,7H2,1-3H3,(H,14,15). The number of sulfone groups is 1. The molecule has 1 aromatic rings. The average Bonchev–Trinajstić information content (AvgIpc) is 2.25. The Hall–Kier alpha value is -1.76. The summed E-state index contributed by atoms with van der Waals surface area (Å²) in [7, 11) is -1.66. The van der Waals surface area contributed by atoms with E-state index in [-0.39, 0.29) is 11.3 Å². The van der Waals surface area contributed by atoms with E-state index >= 15 is 0 Å². The molecule has 0 radical (unpaired) electrons. The van der Waals surface area contributed by atoms with Gasteiger partial charge in [-0.05, 0) is 19.1 Å². The molecule has 0 heterocycles. The molecule has 0 aliphatic rings. The van der Waals surface area contributed by atoms with Crippen molar-refractivity contribution in [3.8, 4) is 5.75 Å². The summed E-state index contributed by atoms with van der Waals surface area (Å²) >= 11 is 0. The van der Waals surface area contributed by atoms with Crippen LogP contribution in [0.25, 0.3) is 0 Å². The Morgan fingerprint density at radius 2 is 2.11 bits per heavy atom. The fourth-order valence-electron chi connectivity index (χ4n) is 1.72. The first-order valence-electron chi connectivity index (χ1n) is 5.58. The van der Waals surface area contributed by atoms with Crippen LogP contribution in [0.5, 0.6) is 5.75 Å². The van der Waals surface area contributed by atoms with Crippen molar-refractivity contribution in [1.29, 1.82) is 0 Å². The van der Waals surface area contributed by atoms with Gasteiger partial charge in [0.05, 0.1) is 24.1 Å². The molecular formula is C12H17NO5S. The largest absolute Gasteiger partial charge is 0.497 e. The zero-order chi connectivity index (χ0) is 14.6. The first kappa shape index (κ1) is 15.3. The minimum atomic E-state index is -3.13. The van der Waals surface area contributed by atoms with Crippen LogP contribution in [-0.4, -0.2) is 44.7 Å². The van der Waals surface area contributed by atoms with Gasteiger partial charge in [0.15, 0.2) is 0 Å². The van der Waals surface area contributed by atoms with Crippen molar-refractivity contribution in [3.05, 3.63) is 23.8 Å². The van der Waals surface area contributed by atoms with Crippen molar-refractivity contribution in [2.75, 3.05) is 24.4 Å². The highest BCUT2D eigenvalue weighted by Gasteiger charge is 2.15. The van der Waals surface area contributed by atoms with E-state index in [1.54, 1.807) is 6.92 Å². The summed E-state index contributed by atoms with van der Waals surface area (Å²) in [4.78, 5) is 11.1. The third kappa shape index (κ3) is 4.78. The van der Waals surface area contributed by atoms with Crippen LogP contribution >= 0.6 is 0 Å². The average molecular weight is 287 g/mol. The summed E-state index contributed by atoms with van der Waals surface area (Å²) in [5.41, 5.74) is 0.407. The van der Waals surface area contributed by atoms with E-state index in [2.05, 4.69) is 5.32 Å². The fraction of sp³-hybridized carbons (Fsp3) is 0.417. The van der Waals surface area contributed by atoms with Gasteiger partial charge in [-0.25, -0.2) is 13.2 Å². The van der Waals surface area contributed by atoms with Gasteiger partial charge in [-0.3, -0.25) is 0 Å². The van der Waals surface area contributed by atoms with E-state index < -0.39 is 21.8 Å². The third-order valence-electron chi connectivity index (χ3n) is 2.41. The van der Waals surface area contributed by atoms with Crippen LogP contribution in [0.4, 0.5) is 5.69 Å². The van der Waals surface area contributed by atoms with Crippen molar-refractivity contribution in [2.45, 2.75) is 13.0 Å². The number of methoxy groups -OCH3 is 1. The van der Waals surface area contributed by atoms with Crippen molar-refractivity contribution in [3.63, 3.8) is 0 Å². The molecule has 1 aromatic carbocycles. The molecule has 0 saturated carbocycles. The van der Waals surface area contributed by atoms with E-state index in [9.17, 15) is 13.2 Å². The smallest absolute Gasteiger partial charge is 0.337 e. The van der Waals surface area contributed by atoms with Crippen LogP contribution in [0.15, 0.2) is 18.2 Å². The van der Waals surface area contributed by atoms with Crippen LogP contribution < -0.4 is 10.1 Å². The van der Waals surface area contributed by atoms with Gasteiger partial charge in [0, 0.05) is 18.4 Å². The number of nitrogens with one attached hydrogen (secondary N) is 1. The molecule has 0 aliphatic carbocycles. The molecule has 19 heavy (non-hydrogen) atoms. The maximum absolute atomic E-state index is 11.2. The van der Waals surface area contributed by atoms with E-state index in [0.717, 1.165) is 6.26 Å². The number of hydrogen-bond acceptors (Lipinski definition) is 5. The Kier molecular flexibility index (Phi) is 4.77. The first-order chi connectivity index (χ1) is 8.73. The number of benzene rings is 1. The SMILES string of the molecule is COc1ccc(C(=O)O)c(NC(C)CS(C)(=O)=O)c1. The Morgan fingerprint density at radius 3 is 2.58 bits per heavy atom. The zero-order valence-electron chi connectivity index (χ0n) is 11.0. The Balaban J connectivity index is 3.00. The summed E-state index contributed by atoms with van der Waals surface area (Å²) in [6.45, 7) is 1.67. The minimum absolute atomic E-state index is 0.0705. The number of ether oxygens (including phenoxy) is 1. The molecule has 0 spiro atoms. The summed E-state index contributed by atoms with van der Waals surface area (Å²) in [5, 5.41) is 12.0. The molecular weight excluding hydrogens is 270 g/mol. The molecule has 0 aliphatic heterocycles. The summed E-state index contributed by atoms with van der Waals surface area (Å²) in [5.74, 6) is -0.667. The molecule has 0 aromatic heterocycles. The number of carboxylic acids is 1. The van der Waals surface area contributed by atoms with Crippen molar-refractivity contribution < 1.29 is 23.1 Å². The Labute approximate surface area is 112 Å². The van der Waals surface area contributed by atoms with Crippen LogP contribution in [0, 0.1) is 0 Å². The number of rotatable bonds is 6. The quantitative estimate of drug-likeness (QED) is 0.817. The van der Waals surface area contributed by atoms with E-state index in [1.807, 2.05) is 0 Å². The highest BCUT2D eigenvalue weighted by atomic mass is 32.2. The number of carboxylic acid groups (broad SMARTS) is 1. The highest BCUT2D eigenvalue weighted by molar-refractivity contribution is 7.90. The second-order valence-corrected chi connectivity index (χ2v) is 6.54. The van der Waals surface area contributed by atoms with Crippen LogP contribution in [0.2, 0.25) is 0 Å². The van der Waals surface area contributed by atoms with Gasteiger partial charge >= 0.3 is 5.97 Å². The van der Waals surface area contributed by atoms with E-state index in [4.69, 9.17) is 9.84 Å². The lowest BCUT2D eigenvalue weighted by Gasteiger charge is -2.16. The van der Waals surface area contributed by atoms with Gasteiger partial charge in [0.1, 0.15) is 15.6 Å². The minimum Gasteiger partial charge on any atom is -0.497 e. The third-order valence-corrected chi connectivity index (χ3v) is 3.52. The maximum Gasteiger partial charge on any atom is 0.337 e. The van der Waals surface area contributed by atoms with Gasteiger partial charge in [0.25, 0.3) is 0 Å². The second kappa shape index (κ2) is 5.92. The molecule has 2 N–H and O–H groups in total. The highest BCUT2D eigenvalue weighted by Crippen LogP contribution is 2.23. The van der Waals surface area contributed by atoms with Crippen molar-refractivity contribution in [1.82, 2.24) is 0 Å². The summed E-state index contributed by atoms with van der Waals surface area (Å²) in [6, 6.07) is 4.08. The molecule has 0 bridgehead atoms. The lowest BCUT2D eigenvalue weighted by Crippen LogP contribution is -2.26. The number of aromatic carboxylic acids is 1. The lowest BCUT2D eigenvalue weighted by molar-refractivity contribution is 0.0698. The van der Waals surface area contributed by atoms with Gasteiger partial charge in [-0.1, -0.05) is 0 Å². The molecule has 0 saturated heterocycles. The van der Waals surface area contributed by atoms with Gasteiger partial charge < -0.3 is 15.2 Å². The molecule has 106 valence electrons. The maximum atomic E-state index is 11.2. The molecule has 1 rings (SSSR count). The predicted molar refractivity (Wildman–Crippen MR) is 72.7 cm³/mol. The summed E-state index contributed by atoms with van der Waals surface area (Å²) in [6.07, 6.45) is 1.13. The van der Waals surface area contributed by atoms with E-state index in [1.165, 1.54) is 25.3 Å². The Bertz CT molecular complexity index is 567. The van der Waals surface area contributed by atoms with Crippen molar-refractivity contribution >= 4 is 21.5 Å². The Morgan fingerprint density at radius 1 is 1.47 bits per heavy atom. The molecule has 1 unspecified atom stereocenters. The van der Waals surface area contributed by atoms with Gasteiger partial charge in [-0.2, -0.15) is 0 Å². The molecule has 7 heteroatoms. The van der Waals surface area contributed by atoms with Crippen molar-refractivity contribution in [2.24, 2.45) is 0 Å². The van der Waals surface area contributed by atoms with Gasteiger partial charge in [-0.15, -0.1) is 0 Å². The lowest BCUT2D eigenvalue weighted by atomic mass is 10.1. The van der Waals surface area contributed by atoms with E-state index in [0.29, 0.717) is 11.4 Å². The molecule has 0 fully saturated rings. The molecule has 6 nitrogen and oxygen atoms in total. The van der Waals surface area contributed by atoms with Gasteiger partial charge in [0.2, 0.25) is 0 Å². The first-order valence-corrected chi connectivity index (χ1v) is 7.64. The summed E-state index contributed by atoms with van der Waals surface area (Å²) < 4.78 is 27.4. The monoisotopic (exact) mass is 287 g/mol. The van der Waals surface area contributed by atoms with Crippen LogP contribution in [0.1, 0.15) is 17.3 Å². The second-order valence-electron chi connectivity index (χ2n) is 4.35. The predicted octanol–water partition coefficient (Wildman–Crippen LogP) is 1.24. The number of carbonyl (C=O) groups is 1. The number of hydrogen-bond donors (Lipinski definition) is 2. The normalized spacial score (nSPS) is 12.8. The molecule has 1 atom stereocenters. The zero-order valence-corrected chi connectivity index (χ0v) is 11.8.